The zero-order valence-corrected chi connectivity index (χ0v) is 13.7. The molecule has 2 amide bonds. The molecule has 1 saturated heterocycles. The van der Waals surface area contributed by atoms with Crippen molar-refractivity contribution in [2.45, 2.75) is 19.6 Å². The number of hydrogen-bond donors (Lipinski definition) is 2. The molecule has 8 heteroatoms. The summed E-state index contributed by atoms with van der Waals surface area (Å²) in [6.45, 7) is 4.91. The minimum Gasteiger partial charge on any atom is -0.375 e. The molecule has 23 heavy (non-hydrogen) atoms. The number of nitrogens with zero attached hydrogens (tertiary/aromatic N) is 3. The predicted molar refractivity (Wildman–Crippen MR) is 89.8 cm³/mol. The van der Waals surface area contributed by atoms with E-state index in [-0.39, 0.29) is 12.1 Å². The number of nitrogens with one attached hydrogen (secondary N) is 2. The maximum Gasteiger partial charge on any atom is 0.321 e. The number of hydrogen-bond acceptors (Lipinski definition) is 6. The first-order valence-electron chi connectivity index (χ1n) is 7.46. The Balaban J connectivity index is 1.50. The van der Waals surface area contributed by atoms with Crippen molar-refractivity contribution >= 4 is 28.3 Å². The first-order chi connectivity index (χ1) is 11.2. The molecule has 2 N–H and O–H groups in total. The monoisotopic (exact) mass is 333 g/mol. The predicted octanol–water partition coefficient (Wildman–Crippen LogP) is 2.08. The molecule has 3 rings (SSSR count). The largest absolute Gasteiger partial charge is 0.375 e. The van der Waals surface area contributed by atoms with Gasteiger partial charge in [-0.05, 0) is 18.6 Å². The number of thiazole rings is 1. The minimum absolute atomic E-state index is 0.224. The van der Waals surface area contributed by atoms with E-state index in [9.17, 15) is 4.79 Å². The molecule has 0 radical (unpaired) electrons. The number of pyridine rings is 1. The normalized spacial score (nSPS) is 17.8. The van der Waals surface area contributed by atoms with Crippen molar-refractivity contribution in [3.8, 4) is 0 Å². The van der Waals surface area contributed by atoms with Crippen molar-refractivity contribution in [2.24, 2.45) is 0 Å². The molecular formula is C15H19N5O2S. The van der Waals surface area contributed by atoms with E-state index < -0.39 is 0 Å². The van der Waals surface area contributed by atoms with E-state index in [1.54, 1.807) is 12.4 Å². The van der Waals surface area contributed by atoms with Crippen molar-refractivity contribution < 1.29 is 9.53 Å². The Hall–Kier alpha value is -2.19. The number of aromatic nitrogens is 2. The van der Waals surface area contributed by atoms with Gasteiger partial charge in [-0.25, -0.2) is 14.8 Å². The van der Waals surface area contributed by atoms with Crippen LogP contribution in [-0.4, -0.2) is 41.8 Å². The maximum atomic E-state index is 11.7. The summed E-state index contributed by atoms with van der Waals surface area (Å²) in [4.78, 5) is 22.4. The second-order valence-corrected chi connectivity index (χ2v) is 6.19. The van der Waals surface area contributed by atoms with Crippen LogP contribution in [0.15, 0.2) is 29.9 Å². The summed E-state index contributed by atoms with van der Waals surface area (Å²) in [5, 5.41) is 7.85. The van der Waals surface area contributed by atoms with Gasteiger partial charge in [0.05, 0.1) is 12.7 Å². The Morgan fingerprint density at radius 3 is 3.09 bits per heavy atom. The third-order valence-corrected chi connectivity index (χ3v) is 4.17. The summed E-state index contributed by atoms with van der Waals surface area (Å²) in [5.74, 6) is 0.941. The van der Waals surface area contributed by atoms with Gasteiger partial charge in [-0.2, -0.15) is 0 Å². The van der Waals surface area contributed by atoms with E-state index in [1.165, 1.54) is 11.3 Å². The lowest BCUT2D eigenvalue weighted by molar-refractivity contribution is 0.0529. The first kappa shape index (κ1) is 15.7. The first-order valence-corrected chi connectivity index (χ1v) is 8.34. The summed E-state index contributed by atoms with van der Waals surface area (Å²) in [6.07, 6.45) is 3.66. The molecule has 0 aromatic carbocycles. The molecule has 1 aliphatic rings. The molecule has 0 bridgehead atoms. The Bertz CT molecular complexity index is 632. The summed E-state index contributed by atoms with van der Waals surface area (Å²) in [5.41, 5.74) is 0.948. The third-order valence-electron chi connectivity index (χ3n) is 3.48. The average molecular weight is 333 g/mol. The van der Waals surface area contributed by atoms with Crippen LogP contribution in [0.5, 0.6) is 0 Å². The highest BCUT2D eigenvalue weighted by Crippen LogP contribution is 2.15. The molecule has 2 aromatic rings. The van der Waals surface area contributed by atoms with Crippen molar-refractivity contribution in [3.63, 3.8) is 0 Å². The number of ether oxygens (including phenoxy) is 1. The van der Waals surface area contributed by atoms with E-state index in [1.807, 2.05) is 17.5 Å². The highest BCUT2D eigenvalue weighted by molar-refractivity contribution is 7.13. The van der Waals surface area contributed by atoms with Gasteiger partial charge in [0.1, 0.15) is 5.82 Å². The standard InChI is InChI=1S/C15H19N5O2S/c1-11-10-20(5-6-22-11)13-3-2-12(8-17-13)9-18-14(21)19-15-16-4-7-23-15/h2-4,7-8,11H,5-6,9-10H2,1H3,(H2,16,18,19,21). The van der Waals surface area contributed by atoms with Crippen LogP contribution in [0.25, 0.3) is 0 Å². The second kappa shape index (κ2) is 7.38. The second-order valence-electron chi connectivity index (χ2n) is 5.30. The van der Waals surface area contributed by atoms with E-state index in [4.69, 9.17) is 4.74 Å². The minimum atomic E-state index is -0.272. The van der Waals surface area contributed by atoms with Crippen LogP contribution in [0, 0.1) is 0 Å². The molecular weight excluding hydrogens is 314 g/mol. The smallest absolute Gasteiger partial charge is 0.321 e. The van der Waals surface area contributed by atoms with Crippen LogP contribution in [0.3, 0.4) is 0 Å². The van der Waals surface area contributed by atoms with Gasteiger partial charge in [0.25, 0.3) is 0 Å². The van der Waals surface area contributed by atoms with E-state index in [0.717, 1.165) is 31.1 Å². The molecule has 0 aliphatic carbocycles. The van der Waals surface area contributed by atoms with Gasteiger partial charge < -0.3 is 15.0 Å². The van der Waals surface area contributed by atoms with Crippen molar-refractivity contribution in [2.75, 3.05) is 29.9 Å². The van der Waals surface area contributed by atoms with Gasteiger partial charge in [0.15, 0.2) is 5.13 Å². The zero-order valence-electron chi connectivity index (χ0n) is 12.9. The fraction of sp³-hybridized carbons (Fsp3) is 0.400. The van der Waals surface area contributed by atoms with Crippen molar-refractivity contribution in [3.05, 3.63) is 35.5 Å². The van der Waals surface area contributed by atoms with Gasteiger partial charge in [-0.15, -0.1) is 11.3 Å². The quantitative estimate of drug-likeness (QED) is 0.895. The zero-order chi connectivity index (χ0) is 16.1. The third kappa shape index (κ3) is 4.40. The molecule has 0 saturated carbocycles. The lowest BCUT2D eigenvalue weighted by Crippen LogP contribution is -2.41. The summed E-state index contributed by atoms with van der Waals surface area (Å²) < 4.78 is 5.53. The average Bonchev–Trinajstić information content (AvgIpc) is 3.06. The van der Waals surface area contributed by atoms with Crippen LogP contribution in [-0.2, 0) is 11.3 Å². The topological polar surface area (TPSA) is 79.4 Å². The molecule has 1 unspecified atom stereocenters. The number of anilines is 2. The number of carbonyl (C=O) groups excluding carboxylic acids is 1. The van der Waals surface area contributed by atoms with Gasteiger partial charge in [-0.3, -0.25) is 5.32 Å². The van der Waals surface area contributed by atoms with Gasteiger partial charge in [0, 0.05) is 37.4 Å². The van der Waals surface area contributed by atoms with Crippen LogP contribution in [0.1, 0.15) is 12.5 Å². The van der Waals surface area contributed by atoms with E-state index in [2.05, 4.69) is 32.4 Å². The molecule has 7 nitrogen and oxygen atoms in total. The summed E-state index contributed by atoms with van der Waals surface area (Å²) in [7, 11) is 0. The lowest BCUT2D eigenvalue weighted by Gasteiger charge is -2.32. The fourth-order valence-corrected chi connectivity index (χ4v) is 2.87. The Morgan fingerprint density at radius 1 is 1.48 bits per heavy atom. The number of amides is 2. The molecule has 2 aromatic heterocycles. The Labute approximate surface area is 138 Å². The Morgan fingerprint density at radius 2 is 2.39 bits per heavy atom. The van der Waals surface area contributed by atoms with Crippen LogP contribution in [0.2, 0.25) is 0 Å². The van der Waals surface area contributed by atoms with Gasteiger partial charge in [-0.1, -0.05) is 6.07 Å². The Kier molecular flexibility index (Phi) is 5.04. The SMILES string of the molecule is CC1CN(c2ccc(CNC(=O)Nc3nccs3)cn2)CCO1. The molecule has 3 heterocycles. The maximum absolute atomic E-state index is 11.7. The molecule has 1 atom stereocenters. The van der Waals surface area contributed by atoms with Crippen molar-refractivity contribution in [1.29, 1.82) is 0 Å². The van der Waals surface area contributed by atoms with Crippen LogP contribution in [0.4, 0.5) is 15.7 Å². The molecule has 122 valence electrons. The van der Waals surface area contributed by atoms with Crippen LogP contribution < -0.4 is 15.5 Å². The molecule has 1 aliphatic heterocycles. The number of urea groups is 1. The number of morpholine rings is 1. The van der Waals surface area contributed by atoms with E-state index >= 15 is 0 Å². The highest BCUT2D eigenvalue weighted by atomic mass is 32.1. The lowest BCUT2D eigenvalue weighted by atomic mass is 10.2. The van der Waals surface area contributed by atoms with Crippen molar-refractivity contribution in [1.82, 2.24) is 15.3 Å². The summed E-state index contributed by atoms with van der Waals surface area (Å²) >= 11 is 1.38. The van der Waals surface area contributed by atoms with E-state index in [0.29, 0.717) is 11.7 Å². The highest BCUT2D eigenvalue weighted by Gasteiger charge is 2.17. The fourth-order valence-electron chi connectivity index (χ4n) is 2.34. The molecule has 1 fully saturated rings. The molecule has 0 spiro atoms. The number of carbonyl (C=O) groups is 1. The van der Waals surface area contributed by atoms with Crippen LogP contribution >= 0.6 is 11.3 Å². The summed E-state index contributed by atoms with van der Waals surface area (Å²) in [6, 6.07) is 3.69. The van der Waals surface area contributed by atoms with Gasteiger partial charge >= 0.3 is 6.03 Å². The van der Waals surface area contributed by atoms with Gasteiger partial charge in [0.2, 0.25) is 0 Å². The number of rotatable bonds is 4.